The van der Waals surface area contributed by atoms with Gasteiger partial charge in [-0.2, -0.15) is 5.26 Å². The lowest BCUT2D eigenvalue weighted by Crippen LogP contribution is -2.30. The van der Waals surface area contributed by atoms with Crippen LogP contribution < -0.4 is 5.73 Å². The van der Waals surface area contributed by atoms with E-state index in [1.165, 1.54) is 0 Å². The molecule has 3 aromatic heterocycles. The Labute approximate surface area is 216 Å². The number of benzene rings is 1. The molecule has 5 rings (SSSR count). The highest BCUT2D eigenvalue weighted by atomic mass is 32.2. The van der Waals surface area contributed by atoms with Gasteiger partial charge in [-0.15, -0.1) is 5.10 Å². The minimum atomic E-state index is -0.783. The van der Waals surface area contributed by atoms with E-state index in [9.17, 15) is 13.9 Å². The van der Waals surface area contributed by atoms with E-state index in [4.69, 9.17) is 10.7 Å². The van der Waals surface area contributed by atoms with E-state index in [0.29, 0.717) is 29.2 Å². The summed E-state index contributed by atoms with van der Waals surface area (Å²) in [6, 6.07) is 13.2. The normalized spacial score (nSPS) is 14.5. The summed E-state index contributed by atoms with van der Waals surface area (Å²) < 4.78 is 29.5. The maximum Gasteiger partial charge on any atom is 0.193 e. The van der Waals surface area contributed by atoms with Crippen molar-refractivity contribution in [2.24, 2.45) is 0 Å². The molecular formula is C25H24FN9OS. The van der Waals surface area contributed by atoms with Gasteiger partial charge in [-0.3, -0.25) is 4.98 Å². The number of anilines is 1. The maximum atomic E-state index is 15.0. The predicted molar refractivity (Wildman–Crippen MR) is 137 cm³/mol. The number of rotatable bonds is 6. The minimum Gasteiger partial charge on any atom is -0.381 e. The number of nitrogen functional groups attached to an aromatic ring is 1. The molecule has 0 atom stereocenters. The van der Waals surface area contributed by atoms with Crippen LogP contribution in [-0.4, -0.2) is 51.5 Å². The standard InChI is InChI=1S/C25H24FN9OS/c1-15-17(12-27)4-2-6-19(15)25-30-23(22(26)24(28)31-25)21-14-34(33-32-21)13-18-5-3-7-20(29-18)16-8-10-35(37-36)11-9-16/h2-7,14,16,37H,8-11,13H2,1H3,(H2,28,30,31). The van der Waals surface area contributed by atoms with Crippen molar-refractivity contribution in [3.05, 3.63) is 70.9 Å². The second-order valence-corrected chi connectivity index (χ2v) is 9.58. The Morgan fingerprint density at radius 3 is 2.70 bits per heavy atom. The Kier molecular flexibility index (Phi) is 6.98. The molecule has 1 fully saturated rings. The van der Waals surface area contributed by atoms with Gasteiger partial charge in [0.2, 0.25) is 0 Å². The molecule has 0 bridgehead atoms. The molecule has 1 aromatic carbocycles. The van der Waals surface area contributed by atoms with E-state index in [1.54, 1.807) is 36.0 Å². The maximum absolute atomic E-state index is 15.0. The molecule has 188 valence electrons. The lowest BCUT2D eigenvalue weighted by Gasteiger charge is -2.27. The molecule has 1 aliphatic heterocycles. The number of halogens is 1. The Morgan fingerprint density at radius 2 is 1.95 bits per heavy atom. The zero-order valence-electron chi connectivity index (χ0n) is 20.0. The van der Waals surface area contributed by atoms with Crippen LogP contribution in [0.5, 0.6) is 0 Å². The second-order valence-electron chi connectivity index (χ2n) is 8.85. The van der Waals surface area contributed by atoms with Crippen LogP contribution in [0.25, 0.3) is 22.8 Å². The molecule has 10 nitrogen and oxygen atoms in total. The van der Waals surface area contributed by atoms with Crippen molar-refractivity contribution in [3.8, 4) is 28.8 Å². The molecule has 1 saturated heterocycles. The van der Waals surface area contributed by atoms with E-state index in [1.807, 2.05) is 22.5 Å². The van der Waals surface area contributed by atoms with Gasteiger partial charge in [0.25, 0.3) is 0 Å². The summed E-state index contributed by atoms with van der Waals surface area (Å²) in [7, 11) is 0. The van der Waals surface area contributed by atoms with Crippen LogP contribution in [0.15, 0.2) is 42.6 Å². The van der Waals surface area contributed by atoms with Gasteiger partial charge >= 0.3 is 0 Å². The van der Waals surface area contributed by atoms with Crippen LogP contribution in [0, 0.1) is 24.1 Å². The average molecular weight is 518 g/mol. The average Bonchev–Trinajstić information content (AvgIpc) is 3.38. The summed E-state index contributed by atoms with van der Waals surface area (Å²) >= 11 is 0.0694. The molecule has 0 amide bonds. The SMILES string of the molecule is Cc1c(C#N)cccc1-c1nc(N)c(F)c(-c2cn(Cc3cccc(C4CCN([SH]=O)CC4)n3)nn2)n1. The fourth-order valence-electron chi connectivity index (χ4n) is 4.46. The smallest absolute Gasteiger partial charge is 0.193 e. The molecule has 0 unspecified atom stereocenters. The van der Waals surface area contributed by atoms with E-state index in [-0.39, 0.29) is 34.9 Å². The summed E-state index contributed by atoms with van der Waals surface area (Å²) in [6.45, 7) is 3.66. The van der Waals surface area contributed by atoms with E-state index in [0.717, 1.165) is 37.3 Å². The highest BCUT2D eigenvalue weighted by Crippen LogP contribution is 2.29. The topological polar surface area (TPSA) is 140 Å². The molecule has 4 heterocycles. The first kappa shape index (κ1) is 24.6. The Morgan fingerprint density at radius 1 is 1.16 bits per heavy atom. The predicted octanol–water partition coefficient (Wildman–Crippen LogP) is 2.79. The first-order valence-electron chi connectivity index (χ1n) is 11.7. The number of hydrogen-bond acceptors (Lipinski definition) is 8. The number of aromatic nitrogens is 6. The molecule has 0 spiro atoms. The number of nitrogens with two attached hydrogens (primary N) is 1. The van der Waals surface area contributed by atoms with Gasteiger partial charge in [0, 0.05) is 30.3 Å². The quantitative estimate of drug-likeness (QED) is 0.372. The Balaban J connectivity index is 1.40. The van der Waals surface area contributed by atoms with Crippen molar-refractivity contribution in [1.82, 2.24) is 34.3 Å². The molecule has 4 aromatic rings. The Bertz CT molecular complexity index is 1510. The zero-order chi connectivity index (χ0) is 25.9. The minimum absolute atomic E-state index is 0.0679. The van der Waals surface area contributed by atoms with Gasteiger partial charge in [0.1, 0.15) is 11.4 Å². The second kappa shape index (κ2) is 10.5. The largest absolute Gasteiger partial charge is 0.381 e. The van der Waals surface area contributed by atoms with Crippen LogP contribution in [0.2, 0.25) is 0 Å². The highest BCUT2D eigenvalue weighted by molar-refractivity contribution is 7.63. The Hall–Kier alpha value is -4.08. The monoisotopic (exact) mass is 517 g/mol. The molecule has 0 radical (unpaired) electrons. The summed E-state index contributed by atoms with van der Waals surface area (Å²) in [5, 5.41) is 17.6. The van der Waals surface area contributed by atoms with E-state index in [2.05, 4.69) is 26.3 Å². The first-order chi connectivity index (χ1) is 18.0. The lowest BCUT2D eigenvalue weighted by molar-refractivity contribution is 0.336. The molecule has 12 heteroatoms. The van der Waals surface area contributed by atoms with E-state index >= 15 is 0 Å². The number of piperidine rings is 1. The van der Waals surface area contributed by atoms with Gasteiger partial charge in [0.15, 0.2) is 17.5 Å². The fourth-order valence-corrected chi connectivity index (χ4v) is 4.85. The summed E-state index contributed by atoms with van der Waals surface area (Å²) in [5.41, 5.74) is 9.54. The summed E-state index contributed by atoms with van der Waals surface area (Å²) in [5.74, 6) is -0.583. The van der Waals surface area contributed by atoms with Crippen molar-refractivity contribution in [2.75, 3.05) is 18.8 Å². The van der Waals surface area contributed by atoms with Crippen LogP contribution in [0.3, 0.4) is 0 Å². The number of nitrogens with zero attached hydrogens (tertiary/aromatic N) is 8. The number of thiol groups is 1. The van der Waals surface area contributed by atoms with Gasteiger partial charge in [-0.05, 0) is 43.5 Å². The van der Waals surface area contributed by atoms with Gasteiger partial charge in [-0.1, -0.05) is 23.4 Å². The summed E-state index contributed by atoms with van der Waals surface area (Å²) in [4.78, 5) is 13.3. The molecule has 0 aliphatic carbocycles. The highest BCUT2D eigenvalue weighted by Gasteiger charge is 2.22. The van der Waals surface area contributed by atoms with Crippen molar-refractivity contribution < 1.29 is 8.60 Å². The van der Waals surface area contributed by atoms with Crippen LogP contribution in [0.1, 0.15) is 41.3 Å². The van der Waals surface area contributed by atoms with Crippen molar-refractivity contribution in [3.63, 3.8) is 0 Å². The fraction of sp³-hybridized carbons (Fsp3) is 0.280. The van der Waals surface area contributed by atoms with Crippen LogP contribution in [0.4, 0.5) is 10.2 Å². The van der Waals surface area contributed by atoms with E-state index < -0.39 is 5.82 Å². The number of pyridine rings is 1. The van der Waals surface area contributed by atoms with Crippen molar-refractivity contribution >= 4 is 17.7 Å². The molecule has 2 N–H and O–H groups in total. The summed E-state index contributed by atoms with van der Waals surface area (Å²) in [6.07, 6.45) is 3.38. The molecule has 0 saturated carbocycles. The lowest BCUT2D eigenvalue weighted by atomic mass is 9.94. The third kappa shape index (κ3) is 5.09. The van der Waals surface area contributed by atoms with Gasteiger partial charge in [0.05, 0.1) is 41.9 Å². The number of nitriles is 1. The van der Waals surface area contributed by atoms with Crippen LogP contribution >= 0.6 is 0 Å². The van der Waals surface area contributed by atoms with Gasteiger partial charge in [-0.25, -0.2) is 27.6 Å². The first-order valence-corrected chi connectivity index (χ1v) is 12.5. The molecular weight excluding hydrogens is 493 g/mol. The van der Waals surface area contributed by atoms with Crippen molar-refractivity contribution in [1.29, 1.82) is 5.26 Å². The van der Waals surface area contributed by atoms with Crippen molar-refractivity contribution in [2.45, 2.75) is 32.2 Å². The van der Waals surface area contributed by atoms with Crippen LogP contribution in [-0.2, 0) is 18.4 Å². The third-order valence-corrected chi connectivity index (χ3v) is 7.14. The molecule has 37 heavy (non-hydrogen) atoms. The third-order valence-electron chi connectivity index (χ3n) is 6.51. The number of hydrogen-bond donors (Lipinski definition) is 2. The van der Waals surface area contributed by atoms with Gasteiger partial charge < -0.3 is 5.73 Å². The molecule has 1 aliphatic rings. The zero-order valence-corrected chi connectivity index (χ0v) is 20.9.